The van der Waals surface area contributed by atoms with Crippen LogP contribution in [0, 0.1) is 0 Å². The van der Waals surface area contributed by atoms with Gasteiger partial charge in [-0.3, -0.25) is 14.6 Å². The van der Waals surface area contributed by atoms with Crippen LogP contribution in [0.3, 0.4) is 0 Å². The summed E-state index contributed by atoms with van der Waals surface area (Å²) in [7, 11) is 0. The number of likely N-dealkylation sites (tertiary alicyclic amines) is 1. The molecule has 1 unspecified atom stereocenters. The minimum Gasteiger partial charge on any atom is -0.480 e. The number of carboxylic acids is 1. The summed E-state index contributed by atoms with van der Waals surface area (Å²) in [5, 5.41) is 30.7. The number of rotatable bonds is 23. The Labute approximate surface area is 302 Å². The van der Waals surface area contributed by atoms with Crippen molar-refractivity contribution in [1.82, 2.24) is 30.8 Å². The van der Waals surface area contributed by atoms with E-state index in [2.05, 4.69) is 41.6 Å². The van der Waals surface area contributed by atoms with Gasteiger partial charge in [0.15, 0.2) is 0 Å². The maximum atomic E-state index is 12.3. The van der Waals surface area contributed by atoms with E-state index in [9.17, 15) is 9.59 Å². The second-order valence-electron chi connectivity index (χ2n) is 13.6. The zero-order valence-electron chi connectivity index (χ0n) is 30.1. The molecule has 1 saturated heterocycles. The van der Waals surface area contributed by atoms with Gasteiger partial charge in [0.25, 0.3) is 0 Å². The molecule has 1 saturated carbocycles. The Morgan fingerprint density at radius 1 is 0.980 bits per heavy atom. The van der Waals surface area contributed by atoms with E-state index >= 15 is 0 Å². The molecule has 1 aliphatic carbocycles. The number of hydrogen-bond acceptors (Lipinski definition) is 13. The summed E-state index contributed by atoms with van der Waals surface area (Å²) in [4.78, 5) is 39.4. The van der Waals surface area contributed by atoms with E-state index in [0.717, 1.165) is 81.2 Å². The number of aliphatic carboxylic acids is 1. The van der Waals surface area contributed by atoms with Crippen LogP contribution in [-0.2, 0) is 9.59 Å². The Balaban J connectivity index is 1.13. The lowest BCUT2D eigenvalue weighted by atomic mass is 9.95. The Hall–Kier alpha value is -3.92. The molecule has 2 aliphatic rings. The van der Waals surface area contributed by atoms with Crippen molar-refractivity contribution in [1.29, 1.82) is 0 Å². The van der Waals surface area contributed by atoms with E-state index in [0.29, 0.717) is 57.1 Å². The van der Waals surface area contributed by atoms with Crippen molar-refractivity contribution in [2.24, 2.45) is 21.7 Å². The van der Waals surface area contributed by atoms with Gasteiger partial charge < -0.3 is 48.2 Å². The highest BCUT2D eigenvalue weighted by Crippen LogP contribution is 2.25. The highest BCUT2D eigenvalue weighted by Gasteiger charge is 2.21. The third-order valence-corrected chi connectivity index (χ3v) is 9.56. The zero-order chi connectivity index (χ0) is 36.1. The van der Waals surface area contributed by atoms with Gasteiger partial charge in [0.2, 0.25) is 11.9 Å². The number of nitrogens with one attached hydrogen (secondary N) is 5. The molecule has 2 aromatic rings. The number of nitrogens with two attached hydrogens (primary N) is 2. The number of benzene rings is 1. The quantitative estimate of drug-likeness (QED) is 0.0361. The van der Waals surface area contributed by atoms with Crippen molar-refractivity contribution >= 4 is 46.5 Å². The number of hydrazone groups is 1. The van der Waals surface area contributed by atoms with Crippen LogP contribution in [0.1, 0.15) is 77.0 Å². The topological polar surface area (TPSA) is 220 Å². The first-order valence-electron chi connectivity index (χ1n) is 18.9. The molecular formula is C36H60N12O3. The average molecular weight is 709 g/mol. The number of piperidine rings is 1. The maximum absolute atomic E-state index is 12.3. The number of carbonyl (C=O) groups is 2. The Morgan fingerprint density at radius 2 is 1.76 bits per heavy atom. The molecule has 15 heteroatoms. The third-order valence-electron chi connectivity index (χ3n) is 9.56. The standard InChI is InChI=1S/C36H60N12O3/c37-31(35(50)51)12-6-20-42-33(49)16-24-48-22-14-28(15-23-48)44-34-30-11-4-5-13-32(30)45-36(46-34)43-26-29(47-38)25-40-19-7-17-39-18-8-21-41-27-9-2-1-3-10-27/h4-5,11,13,25,27-28,31,39,41H,1-3,6-10,12,14-24,26,37-38H2,(H,42,49)(H,50,51)(H2,43,44,45,46). The summed E-state index contributed by atoms with van der Waals surface area (Å²) in [5.41, 5.74) is 6.97. The molecular weight excluding hydrogens is 648 g/mol. The molecule has 0 bridgehead atoms. The summed E-state index contributed by atoms with van der Waals surface area (Å²) < 4.78 is 0. The van der Waals surface area contributed by atoms with E-state index in [1.54, 1.807) is 6.21 Å². The smallest absolute Gasteiger partial charge is 0.320 e. The number of aliphatic imine (C=N–C) groups is 1. The van der Waals surface area contributed by atoms with E-state index in [4.69, 9.17) is 26.7 Å². The molecule has 1 atom stereocenters. The fourth-order valence-corrected chi connectivity index (χ4v) is 6.49. The van der Waals surface area contributed by atoms with Crippen molar-refractivity contribution < 1.29 is 14.7 Å². The van der Waals surface area contributed by atoms with Crippen molar-refractivity contribution in [3.63, 3.8) is 0 Å². The zero-order valence-corrected chi connectivity index (χ0v) is 30.1. The number of hydrogen-bond donors (Lipinski definition) is 8. The van der Waals surface area contributed by atoms with Gasteiger partial charge in [-0.25, -0.2) is 4.98 Å². The predicted octanol–water partition coefficient (Wildman–Crippen LogP) is 2.29. The fourth-order valence-electron chi connectivity index (χ4n) is 6.49. The summed E-state index contributed by atoms with van der Waals surface area (Å²) in [6.07, 6.45) is 13.7. The Bertz CT molecular complexity index is 1390. The SMILES string of the molecule is NN=C(C=NCCCNCCCNC1CCCCC1)CNc1nc(NC2CCN(CCC(=O)NCCCC(N)C(=O)O)CC2)c2ccccc2n1. The number of carbonyl (C=O) groups excluding carboxylic acids is 1. The Kier molecular flexibility index (Phi) is 17.8. The maximum Gasteiger partial charge on any atom is 0.320 e. The molecule has 282 valence electrons. The number of aromatic nitrogens is 2. The number of fused-ring (bicyclic) bond motifs is 1. The van der Waals surface area contributed by atoms with Gasteiger partial charge in [0, 0.05) is 62.8 Å². The van der Waals surface area contributed by atoms with Gasteiger partial charge in [-0.2, -0.15) is 10.1 Å². The van der Waals surface area contributed by atoms with Crippen LogP contribution in [-0.4, -0.2) is 121 Å². The fraction of sp³-hybridized carbons (Fsp3) is 0.667. The lowest BCUT2D eigenvalue weighted by Crippen LogP contribution is -2.41. The van der Waals surface area contributed by atoms with Gasteiger partial charge in [-0.1, -0.05) is 31.4 Å². The van der Waals surface area contributed by atoms with Crippen LogP contribution in [0.2, 0.25) is 0 Å². The molecule has 1 amide bonds. The normalized spacial score (nSPS) is 17.2. The number of nitrogens with zero attached hydrogens (tertiary/aromatic N) is 5. The first kappa shape index (κ1) is 39.9. The van der Waals surface area contributed by atoms with Crippen LogP contribution < -0.4 is 38.2 Å². The highest BCUT2D eigenvalue weighted by atomic mass is 16.4. The number of para-hydroxylation sites is 1. The van der Waals surface area contributed by atoms with Crippen LogP contribution in [0.5, 0.6) is 0 Å². The largest absolute Gasteiger partial charge is 0.480 e. The van der Waals surface area contributed by atoms with Crippen LogP contribution in [0.15, 0.2) is 34.4 Å². The number of anilines is 2. The third kappa shape index (κ3) is 15.1. The molecule has 51 heavy (non-hydrogen) atoms. The van der Waals surface area contributed by atoms with Gasteiger partial charge >= 0.3 is 5.97 Å². The van der Waals surface area contributed by atoms with Crippen LogP contribution in [0.25, 0.3) is 10.9 Å². The minimum absolute atomic E-state index is 0.0308. The van der Waals surface area contributed by atoms with E-state index < -0.39 is 12.0 Å². The summed E-state index contributed by atoms with van der Waals surface area (Å²) in [6, 6.07) is 8.01. The van der Waals surface area contributed by atoms with Gasteiger partial charge in [0.1, 0.15) is 11.9 Å². The molecule has 2 fully saturated rings. The van der Waals surface area contributed by atoms with Gasteiger partial charge in [-0.05, 0) is 83.1 Å². The number of carboxylic acid groups (broad SMARTS) is 1. The van der Waals surface area contributed by atoms with E-state index in [-0.39, 0.29) is 11.9 Å². The van der Waals surface area contributed by atoms with Crippen LogP contribution in [0.4, 0.5) is 11.8 Å². The second kappa shape index (κ2) is 22.8. The van der Waals surface area contributed by atoms with Gasteiger partial charge in [-0.15, -0.1) is 0 Å². The monoisotopic (exact) mass is 708 g/mol. The first-order valence-corrected chi connectivity index (χ1v) is 18.9. The van der Waals surface area contributed by atoms with Crippen molar-refractivity contribution in [2.75, 3.05) is 69.5 Å². The molecule has 1 aromatic carbocycles. The molecule has 1 aliphatic heterocycles. The van der Waals surface area contributed by atoms with E-state index in [1.165, 1.54) is 32.1 Å². The molecule has 0 radical (unpaired) electrons. The highest BCUT2D eigenvalue weighted by molar-refractivity contribution is 6.32. The lowest BCUT2D eigenvalue weighted by Gasteiger charge is -2.32. The van der Waals surface area contributed by atoms with E-state index in [1.807, 2.05) is 24.3 Å². The first-order chi connectivity index (χ1) is 24.9. The minimum atomic E-state index is -1.02. The van der Waals surface area contributed by atoms with Crippen molar-refractivity contribution in [2.45, 2.75) is 95.2 Å². The second-order valence-corrected chi connectivity index (χ2v) is 13.6. The predicted molar refractivity (Wildman–Crippen MR) is 206 cm³/mol. The summed E-state index contributed by atoms with van der Waals surface area (Å²) >= 11 is 0. The molecule has 2 heterocycles. The van der Waals surface area contributed by atoms with Crippen molar-refractivity contribution in [3.05, 3.63) is 24.3 Å². The average Bonchev–Trinajstić information content (AvgIpc) is 3.15. The molecule has 0 spiro atoms. The Morgan fingerprint density at radius 3 is 2.55 bits per heavy atom. The van der Waals surface area contributed by atoms with Crippen LogP contribution >= 0.6 is 0 Å². The molecule has 1 aromatic heterocycles. The molecule has 15 nitrogen and oxygen atoms in total. The lowest BCUT2D eigenvalue weighted by molar-refractivity contribution is -0.138. The summed E-state index contributed by atoms with van der Waals surface area (Å²) in [5.74, 6) is 5.89. The van der Waals surface area contributed by atoms with Crippen molar-refractivity contribution in [3.8, 4) is 0 Å². The molecule has 10 N–H and O–H groups in total. The molecule has 4 rings (SSSR count). The van der Waals surface area contributed by atoms with Gasteiger partial charge in [0.05, 0.1) is 17.8 Å². The number of amides is 1. The summed E-state index contributed by atoms with van der Waals surface area (Å²) in [6.45, 7) is 6.94.